The van der Waals surface area contributed by atoms with Crippen molar-refractivity contribution in [2.24, 2.45) is 0 Å². The highest BCUT2D eigenvalue weighted by atomic mass is 15.2. The molecule has 0 aromatic carbocycles. The maximum absolute atomic E-state index is 4.13. The first-order valence-electron chi connectivity index (χ1n) is 6.39. The van der Waals surface area contributed by atoms with Crippen molar-refractivity contribution in [3.8, 4) is 0 Å². The number of piperidine rings is 1. The lowest BCUT2D eigenvalue weighted by atomic mass is 10.1. The van der Waals surface area contributed by atoms with E-state index in [-0.39, 0.29) is 0 Å². The first-order valence-corrected chi connectivity index (χ1v) is 6.39. The monoisotopic (exact) mass is 218 g/mol. The van der Waals surface area contributed by atoms with Gasteiger partial charge >= 0.3 is 0 Å². The number of rotatable bonds is 4. The minimum atomic E-state index is 0.922. The highest BCUT2D eigenvalue weighted by Crippen LogP contribution is 2.13. The molecule has 2 rings (SSSR count). The van der Waals surface area contributed by atoms with E-state index in [1.807, 2.05) is 0 Å². The maximum Gasteiger partial charge on any atom is 0.0941 e. The van der Waals surface area contributed by atoms with Crippen LogP contribution in [0.5, 0.6) is 0 Å². The van der Waals surface area contributed by atoms with E-state index in [0.717, 1.165) is 12.4 Å². The van der Waals surface area contributed by atoms with Gasteiger partial charge in [-0.15, -0.1) is 0 Å². The van der Waals surface area contributed by atoms with Crippen LogP contribution in [0.3, 0.4) is 0 Å². The lowest BCUT2D eigenvalue weighted by molar-refractivity contribution is 0.270. The smallest absolute Gasteiger partial charge is 0.0941 e. The SMILES string of the molecule is C=C(NCC1=CCCC=C1)N1CCCCC1. The Morgan fingerprint density at radius 1 is 1.25 bits per heavy atom. The minimum Gasteiger partial charge on any atom is -0.368 e. The van der Waals surface area contributed by atoms with Crippen LogP contribution < -0.4 is 5.32 Å². The summed E-state index contributed by atoms with van der Waals surface area (Å²) >= 11 is 0. The number of hydrogen-bond acceptors (Lipinski definition) is 2. The van der Waals surface area contributed by atoms with Crippen molar-refractivity contribution in [2.45, 2.75) is 32.1 Å². The largest absolute Gasteiger partial charge is 0.368 e. The zero-order valence-electron chi connectivity index (χ0n) is 10.0. The van der Waals surface area contributed by atoms with Gasteiger partial charge < -0.3 is 10.2 Å². The molecule has 88 valence electrons. The molecule has 2 aliphatic rings. The predicted octanol–water partition coefficient (Wildman–Crippen LogP) is 2.81. The van der Waals surface area contributed by atoms with Gasteiger partial charge in [-0.1, -0.05) is 24.8 Å². The third-order valence-corrected chi connectivity index (χ3v) is 3.31. The Balaban J connectivity index is 1.74. The van der Waals surface area contributed by atoms with E-state index in [4.69, 9.17) is 0 Å². The molecule has 16 heavy (non-hydrogen) atoms. The van der Waals surface area contributed by atoms with E-state index in [2.05, 4.69) is 35.0 Å². The quantitative estimate of drug-likeness (QED) is 0.780. The summed E-state index contributed by atoms with van der Waals surface area (Å²) in [4.78, 5) is 2.37. The van der Waals surface area contributed by atoms with Gasteiger partial charge in [-0.05, 0) is 37.7 Å². The van der Waals surface area contributed by atoms with E-state index in [0.29, 0.717) is 0 Å². The van der Waals surface area contributed by atoms with Crippen molar-refractivity contribution in [1.29, 1.82) is 0 Å². The molecule has 2 heteroatoms. The standard InChI is InChI=1S/C14H22N2/c1-13(16-10-6-3-7-11-16)15-12-14-8-4-2-5-9-14/h4,8-9,15H,1-3,5-7,10-12H2. The van der Waals surface area contributed by atoms with Gasteiger partial charge in [-0.2, -0.15) is 0 Å². The van der Waals surface area contributed by atoms with Crippen LogP contribution in [0.4, 0.5) is 0 Å². The Bertz CT molecular complexity index is 296. The van der Waals surface area contributed by atoms with Gasteiger partial charge in [0.1, 0.15) is 0 Å². The normalized spacial score (nSPS) is 20.5. The number of nitrogens with zero attached hydrogens (tertiary/aromatic N) is 1. The van der Waals surface area contributed by atoms with Crippen LogP contribution in [0.1, 0.15) is 32.1 Å². The second kappa shape index (κ2) is 5.78. The number of hydrogen-bond donors (Lipinski definition) is 1. The highest BCUT2D eigenvalue weighted by molar-refractivity contribution is 5.24. The Morgan fingerprint density at radius 3 is 2.75 bits per heavy atom. The molecule has 0 unspecified atom stereocenters. The molecule has 0 aromatic rings. The zero-order chi connectivity index (χ0) is 11.2. The maximum atomic E-state index is 4.13. The molecule has 0 atom stereocenters. The Labute approximate surface area is 98.7 Å². The van der Waals surface area contributed by atoms with E-state index < -0.39 is 0 Å². The number of likely N-dealkylation sites (tertiary alicyclic amines) is 1. The second-order valence-corrected chi connectivity index (χ2v) is 4.61. The van der Waals surface area contributed by atoms with Crippen LogP contribution in [0.15, 0.2) is 36.2 Å². The molecular formula is C14H22N2. The Hall–Kier alpha value is -1.18. The van der Waals surface area contributed by atoms with E-state index >= 15 is 0 Å². The fourth-order valence-electron chi connectivity index (χ4n) is 2.28. The first kappa shape index (κ1) is 11.3. The Morgan fingerprint density at radius 2 is 2.06 bits per heavy atom. The molecule has 1 heterocycles. The van der Waals surface area contributed by atoms with Crippen LogP contribution in [0.25, 0.3) is 0 Å². The summed E-state index contributed by atoms with van der Waals surface area (Å²) in [7, 11) is 0. The molecule has 0 bridgehead atoms. The summed E-state index contributed by atoms with van der Waals surface area (Å²) < 4.78 is 0. The van der Waals surface area contributed by atoms with Crippen LogP contribution >= 0.6 is 0 Å². The van der Waals surface area contributed by atoms with E-state index in [1.54, 1.807) is 0 Å². The van der Waals surface area contributed by atoms with Crippen molar-refractivity contribution >= 4 is 0 Å². The summed E-state index contributed by atoms with van der Waals surface area (Å²) in [6.45, 7) is 7.38. The average molecular weight is 218 g/mol. The van der Waals surface area contributed by atoms with E-state index in [9.17, 15) is 0 Å². The lowest BCUT2D eigenvalue weighted by Gasteiger charge is -2.31. The molecule has 1 saturated heterocycles. The molecular weight excluding hydrogens is 196 g/mol. The van der Waals surface area contributed by atoms with E-state index in [1.165, 1.54) is 50.8 Å². The van der Waals surface area contributed by atoms with Gasteiger partial charge in [-0.3, -0.25) is 0 Å². The van der Waals surface area contributed by atoms with Crippen LogP contribution in [-0.4, -0.2) is 24.5 Å². The van der Waals surface area contributed by atoms with Crippen LogP contribution in [-0.2, 0) is 0 Å². The van der Waals surface area contributed by atoms with Gasteiger partial charge in [0.15, 0.2) is 0 Å². The van der Waals surface area contributed by atoms with Gasteiger partial charge in [0.25, 0.3) is 0 Å². The average Bonchev–Trinajstić information content (AvgIpc) is 2.38. The summed E-state index contributed by atoms with van der Waals surface area (Å²) in [5.41, 5.74) is 1.39. The molecule has 0 spiro atoms. The zero-order valence-corrected chi connectivity index (χ0v) is 10.0. The molecule has 0 aromatic heterocycles. The summed E-state index contributed by atoms with van der Waals surface area (Å²) in [5.74, 6) is 1.10. The van der Waals surface area contributed by atoms with Crippen molar-refractivity contribution < 1.29 is 0 Å². The summed E-state index contributed by atoms with van der Waals surface area (Å²) in [6, 6.07) is 0. The molecule has 1 aliphatic heterocycles. The summed E-state index contributed by atoms with van der Waals surface area (Å²) in [6.07, 6.45) is 13.2. The highest BCUT2D eigenvalue weighted by Gasteiger charge is 2.11. The molecule has 2 nitrogen and oxygen atoms in total. The fraction of sp³-hybridized carbons (Fsp3) is 0.571. The van der Waals surface area contributed by atoms with Gasteiger partial charge in [0.2, 0.25) is 0 Å². The Kier molecular flexibility index (Phi) is 4.09. The third-order valence-electron chi connectivity index (χ3n) is 3.31. The topological polar surface area (TPSA) is 15.3 Å². The molecule has 0 saturated carbocycles. The van der Waals surface area contributed by atoms with Crippen LogP contribution in [0.2, 0.25) is 0 Å². The second-order valence-electron chi connectivity index (χ2n) is 4.61. The van der Waals surface area contributed by atoms with Crippen LogP contribution in [0, 0.1) is 0 Å². The van der Waals surface area contributed by atoms with Crippen molar-refractivity contribution in [1.82, 2.24) is 10.2 Å². The minimum absolute atomic E-state index is 0.922. The molecule has 1 N–H and O–H groups in total. The molecule has 1 aliphatic carbocycles. The molecule has 1 fully saturated rings. The predicted molar refractivity (Wildman–Crippen MR) is 69.0 cm³/mol. The van der Waals surface area contributed by atoms with Gasteiger partial charge in [0, 0.05) is 19.6 Å². The fourth-order valence-corrected chi connectivity index (χ4v) is 2.28. The first-order chi connectivity index (χ1) is 7.86. The van der Waals surface area contributed by atoms with Gasteiger partial charge in [-0.25, -0.2) is 0 Å². The third kappa shape index (κ3) is 3.16. The number of nitrogens with one attached hydrogen (secondary N) is 1. The van der Waals surface area contributed by atoms with Crippen molar-refractivity contribution in [2.75, 3.05) is 19.6 Å². The molecule has 0 amide bonds. The number of allylic oxidation sites excluding steroid dienone is 2. The summed E-state index contributed by atoms with van der Waals surface area (Å²) in [5, 5.41) is 3.43. The van der Waals surface area contributed by atoms with Crippen molar-refractivity contribution in [3.05, 3.63) is 36.2 Å². The molecule has 0 radical (unpaired) electrons. The van der Waals surface area contributed by atoms with Gasteiger partial charge in [0.05, 0.1) is 5.82 Å². The lowest BCUT2D eigenvalue weighted by Crippen LogP contribution is -2.35. The van der Waals surface area contributed by atoms with Crippen molar-refractivity contribution in [3.63, 3.8) is 0 Å².